The molecule has 1 aromatic rings. The number of aromatic nitrogens is 1. The van der Waals surface area contributed by atoms with Gasteiger partial charge in [0, 0.05) is 6.20 Å². The highest BCUT2D eigenvalue weighted by atomic mass is 16.3. The van der Waals surface area contributed by atoms with Crippen LogP contribution in [0.3, 0.4) is 0 Å². The molecule has 3 heteroatoms. The average molecular weight is 233 g/mol. The highest BCUT2D eigenvalue weighted by molar-refractivity contribution is 5.14. The van der Waals surface area contributed by atoms with Crippen LogP contribution in [0.15, 0.2) is 24.4 Å². The highest BCUT2D eigenvalue weighted by Crippen LogP contribution is 2.56. The fraction of sp³-hybridized carbons (Fsp3) is 0.643. The maximum atomic E-state index is 10.6. The summed E-state index contributed by atoms with van der Waals surface area (Å²) in [7, 11) is 0. The summed E-state index contributed by atoms with van der Waals surface area (Å²) in [5.41, 5.74) is -0.377. The molecule has 92 valence electrons. The molecule has 4 rings (SSSR count). The lowest BCUT2D eigenvalue weighted by Gasteiger charge is -2.55. The van der Waals surface area contributed by atoms with E-state index in [0.717, 1.165) is 0 Å². The molecular formula is C14H19NO2. The molecule has 2 N–H and O–H groups in total. The normalized spacial score (nSPS) is 41.7. The van der Waals surface area contributed by atoms with E-state index in [4.69, 9.17) is 0 Å². The zero-order chi connectivity index (χ0) is 12.0. The minimum atomic E-state index is -0.964. The van der Waals surface area contributed by atoms with E-state index in [0.29, 0.717) is 36.3 Å². The van der Waals surface area contributed by atoms with Crippen molar-refractivity contribution in [1.29, 1.82) is 0 Å². The maximum Gasteiger partial charge on any atom is 0.124 e. The van der Waals surface area contributed by atoms with E-state index in [-0.39, 0.29) is 0 Å². The molecule has 3 aliphatic rings. The second-order valence-electron chi connectivity index (χ2n) is 5.78. The Morgan fingerprint density at radius 3 is 2.59 bits per heavy atom. The van der Waals surface area contributed by atoms with Gasteiger partial charge in [-0.2, -0.15) is 0 Å². The Bertz CT molecular complexity index is 394. The molecule has 3 aliphatic carbocycles. The van der Waals surface area contributed by atoms with Gasteiger partial charge in [0.2, 0.25) is 0 Å². The van der Waals surface area contributed by atoms with Crippen LogP contribution in [0, 0.1) is 17.8 Å². The average Bonchev–Trinajstić information content (AvgIpc) is 2.38. The van der Waals surface area contributed by atoms with Gasteiger partial charge in [-0.15, -0.1) is 0 Å². The lowest BCUT2D eigenvalue weighted by molar-refractivity contribution is -0.175. The number of aliphatic hydroxyl groups is 2. The van der Waals surface area contributed by atoms with Gasteiger partial charge in [-0.1, -0.05) is 13.0 Å². The summed E-state index contributed by atoms with van der Waals surface area (Å²) in [5.74, 6) is 1.88. The number of hydrogen-bond acceptors (Lipinski definition) is 3. The van der Waals surface area contributed by atoms with Crippen LogP contribution in [0.4, 0.5) is 0 Å². The first-order valence-electron chi connectivity index (χ1n) is 6.41. The second-order valence-corrected chi connectivity index (χ2v) is 5.78. The summed E-state index contributed by atoms with van der Waals surface area (Å²) in [6.45, 7) is 2.26. The molecule has 0 aliphatic heterocycles. The molecule has 0 amide bonds. The van der Waals surface area contributed by atoms with Crippen LogP contribution in [0.25, 0.3) is 0 Å². The summed E-state index contributed by atoms with van der Waals surface area (Å²) >= 11 is 0. The van der Waals surface area contributed by atoms with Crippen LogP contribution >= 0.6 is 0 Å². The van der Waals surface area contributed by atoms with E-state index >= 15 is 0 Å². The van der Waals surface area contributed by atoms with Crippen molar-refractivity contribution in [3.8, 4) is 0 Å². The van der Waals surface area contributed by atoms with Crippen molar-refractivity contribution in [2.24, 2.45) is 17.8 Å². The maximum absolute atomic E-state index is 10.6. The first-order chi connectivity index (χ1) is 8.10. The minimum Gasteiger partial charge on any atom is -0.387 e. The predicted octanol–water partition coefficient (Wildman–Crippen LogP) is 1.91. The molecule has 0 saturated heterocycles. The van der Waals surface area contributed by atoms with Gasteiger partial charge in [0.15, 0.2) is 0 Å². The van der Waals surface area contributed by atoms with Gasteiger partial charge < -0.3 is 10.2 Å². The van der Waals surface area contributed by atoms with Crippen LogP contribution in [0.2, 0.25) is 0 Å². The van der Waals surface area contributed by atoms with Gasteiger partial charge in [0.1, 0.15) is 6.10 Å². The summed E-state index contributed by atoms with van der Waals surface area (Å²) in [6.07, 6.45) is 3.46. The number of aliphatic hydroxyl groups excluding tert-OH is 1. The van der Waals surface area contributed by atoms with E-state index in [9.17, 15) is 10.2 Å². The predicted molar refractivity (Wildman–Crippen MR) is 64.1 cm³/mol. The number of rotatable bonds is 2. The Balaban J connectivity index is 1.80. The van der Waals surface area contributed by atoms with Gasteiger partial charge in [-0.05, 0) is 49.1 Å². The molecule has 3 saturated carbocycles. The van der Waals surface area contributed by atoms with E-state index in [1.54, 1.807) is 12.3 Å². The molecular weight excluding hydrogens is 214 g/mol. The van der Waals surface area contributed by atoms with Crippen LogP contribution in [-0.4, -0.2) is 20.8 Å². The van der Waals surface area contributed by atoms with E-state index in [1.807, 2.05) is 12.1 Å². The van der Waals surface area contributed by atoms with Crippen LogP contribution in [0.1, 0.15) is 38.0 Å². The minimum absolute atomic E-state index is 0.581. The zero-order valence-electron chi connectivity index (χ0n) is 10.1. The number of nitrogens with zero attached hydrogens (tertiary/aromatic N) is 1. The molecule has 3 fully saturated rings. The Labute approximate surface area is 102 Å². The van der Waals surface area contributed by atoms with E-state index < -0.39 is 11.7 Å². The first kappa shape index (κ1) is 11.2. The zero-order valence-corrected chi connectivity index (χ0v) is 10.1. The standard InChI is InChI=1S/C14H19NO2/c1-9-10-6-11(9)8-14(17,7-10)13(16)12-4-2-3-5-15-12/h2-5,9-11,13,16-17H,6-8H2,1H3. The number of hydrogen-bond donors (Lipinski definition) is 2. The number of fused-ring (bicyclic) bond motifs is 2. The van der Waals surface area contributed by atoms with Gasteiger partial charge in [-0.3, -0.25) is 4.98 Å². The molecule has 17 heavy (non-hydrogen) atoms. The quantitative estimate of drug-likeness (QED) is 0.820. The SMILES string of the molecule is CC1C2CC1CC(O)(C(O)c1ccccn1)C2. The molecule has 0 aromatic carbocycles. The van der Waals surface area contributed by atoms with Crippen molar-refractivity contribution in [2.45, 2.75) is 37.9 Å². The Morgan fingerprint density at radius 1 is 1.35 bits per heavy atom. The lowest BCUT2D eigenvalue weighted by atomic mass is 9.52. The van der Waals surface area contributed by atoms with E-state index in [2.05, 4.69) is 11.9 Å². The Morgan fingerprint density at radius 2 is 2.06 bits per heavy atom. The van der Waals surface area contributed by atoms with E-state index in [1.165, 1.54) is 6.42 Å². The molecule has 0 spiro atoms. The van der Waals surface area contributed by atoms with Gasteiger partial charge in [-0.25, -0.2) is 0 Å². The summed E-state index contributed by atoms with van der Waals surface area (Å²) in [4.78, 5) is 4.15. The van der Waals surface area contributed by atoms with Crippen molar-refractivity contribution >= 4 is 0 Å². The molecule has 3 nitrogen and oxygen atoms in total. The van der Waals surface area contributed by atoms with Crippen LogP contribution < -0.4 is 0 Å². The van der Waals surface area contributed by atoms with Gasteiger partial charge in [0.05, 0.1) is 11.3 Å². The first-order valence-corrected chi connectivity index (χ1v) is 6.41. The summed E-state index contributed by atoms with van der Waals surface area (Å²) in [6, 6.07) is 5.45. The third kappa shape index (κ3) is 1.69. The third-order valence-electron chi connectivity index (χ3n) is 4.80. The van der Waals surface area contributed by atoms with Gasteiger partial charge >= 0.3 is 0 Å². The van der Waals surface area contributed by atoms with Crippen LogP contribution in [-0.2, 0) is 0 Å². The van der Waals surface area contributed by atoms with Crippen molar-refractivity contribution in [1.82, 2.24) is 4.98 Å². The Kier molecular flexibility index (Phi) is 2.49. The molecule has 1 aromatic heterocycles. The van der Waals surface area contributed by atoms with Crippen molar-refractivity contribution in [3.05, 3.63) is 30.1 Å². The van der Waals surface area contributed by atoms with Crippen molar-refractivity contribution < 1.29 is 10.2 Å². The summed E-state index contributed by atoms with van der Waals surface area (Å²) in [5, 5.41) is 20.9. The molecule has 1 heterocycles. The summed E-state index contributed by atoms with van der Waals surface area (Å²) < 4.78 is 0. The molecule has 2 bridgehead atoms. The fourth-order valence-corrected chi connectivity index (χ4v) is 3.57. The monoisotopic (exact) mass is 233 g/mol. The molecule has 3 unspecified atom stereocenters. The fourth-order valence-electron chi connectivity index (χ4n) is 3.57. The molecule has 3 atom stereocenters. The topological polar surface area (TPSA) is 53.4 Å². The van der Waals surface area contributed by atoms with Gasteiger partial charge in [0.25, 0.3) is 0 Å². The third-order valence-corrected chi connectivity index (χ3v) is 4.80. The lowest BCUT2D eigenvalue weighted by Crippen LogP contribution is -2.54. The largest absolute Gasteiger partial charge is 0.387 e. The van der Waals surface area contributed by atoms with Crippen LogP contribution in [0.5, 0.6) is 0 Å². The number of pyridine rings is 1. The van der Waals surface area contributed by atoms with Crippen molar-refractivity contribution in [2.75, 3.05) is 0 Å². The molecule has 0 radical (unpaired) electrons. The highest BCUT2D eigenvalue weighted by Gasteiger charge is 2.54. The van der Waals surface area contributed by atoms with Crippen molar-refractivity contribution in [3.63, 3.8) is 0 Å². The second kappa shape index (κ2) is 3.79. The Hall–Kier alpha value is -0.930. The smallest absolute Gasteiger partial charge is 0.124 e.